The number of amides is 1. The number of hydrogen-bond donors (Lipinski definition) is 1. The lowest BCUT2D eigenvalue weighted by molar-refractivity contribution is -0.137. The van der Waals surface area contributed by atoms with Crippen LogP contribution in [0.5, 0.6) is 0 Å². The molecule has 0 unspecified atom stereocenters. The van der Waals surface area contributed by atoms with Crippen LogP contribution in [0.2, 0.25) is 0 Å². The average Bonchev–Trinajstić information content (AvgIpc) is 3.50. The third-order valence-electron chi connectivity index (χ3n) is 6.25. The van der Waals surface area contributed by atoms with Crippen LogP contribution in [-0.2, 0) is 11.0 Å². The fourth-order valence-electron chi connectivity index (χ4n) is 4.13. The summed E-state index contributed by atoms with van der Waals surface area (Å²) in [7, 11) is 0. The molecule has 186 valence electrons. The number of halogens is 4. The third kappa shape index (κ3) is 4.16. The second kappa shape index (κ2) is 8.45. The number of carbonyl (C=O) groups is 1. The van der Waals surface area contributed by atoms with Crippen molar-refractivity contribution in [2.24, 2.45) is 0 Å². The van der Waals surface area contributed by atoms with Gasteiger partial charge in [-0.1, -0.05) is 18.2 Å². The summed E-state index contributed by atoms with van der Waals surface area (Å²) in [5, 5.41) is 15.8. The standard InChI is InChI=1S/C25H17F4N7O/c1-14-19(31-2)20(16-8-6-15(13-30)7-9-16)36-23(33-22(34-36)32-21(37)24(26)10-11-24)35(14)18-5-3-4-17(12-18)25(27,28)29/h3-9,12,20H,10-11H2,1H3,(H,32,34,37)/t20-/m1/s1. The first-order valence-corrected chi connectivity index (χ1v) is 11.1. The van der Waals surface area contributed by atoms with E-state index in [2.05, 4.69) is 20.2 Å². The van der Waals surface area contributed by atoms with Gasteiger partial charge in [-0.15, -0.1) is 5.10 Å². The molecule has 0 radical (unpaired) electrons. The molecule has 2 aromatic carbocycles. The number of hydrogen-bond acceptors (Lipinski definition) is 5. The highest BCUT2D eigenvalue weighted by Gasteiger charge is 2.51. The fourth-order valence-corrected chi connectivity index (χ4v) is 4.13. The molecule has 0 saturated heterocycles. The number of nitriles is 1. The van der Waals surface area contributed by atoms with Crippen LogP contribution in [0.15, 0.2) is 59.9 Å². The molecule has 12 heteroatoms. The van der Waals surface area contributed by atoms with Crippen molar-refractivity contribution in [2.45, 2.75) is 37.7 Å². The minimum atomic E-state index is -4.61. The van der Waals surface area contributed by atoms with Crippen molar-refractivity contribution in [3.63, 3.8) is 0 Å². The SMILES string of the molecule is [C-]#[N+]C1=C(C)N(c2cccc(C(F)(F)F)c2)c2nc(NC(=O)C3(F)CC3)nn2[C@@H]1c1ccc(C#N)cc1. The van der Waals surface area contributed by atoms with Crippen molar-refractivity contribution in [1.29, 1.82) is 5.26 Å². The summed E-state index contributed by atoms with van der Waals surface area (Å²) >= 11 is 0. The highest BCUT2D eigenvalue weighted by Crippen LogP contribution is 2.45. The Labute approximate surface area is 208 Å². The highest BCUT2D eigenvalue weighted by atomic mass is 19.4. The first kappa shape index (κ1) is 24.0. The quantitative estimate of drug-likeness (QED) is 0.372. The molecule has 1 saturated carbocycles. The van der Waals surface area contributed by atoms with E-state index in [1.54, 1.807) is 31.2 Å². The predicted molar refractivity (Wildman–Crippen MR) is 124 cm³/mol. The van der Waals surface area contributed by atoms with E-state index in [1.165, 1.54) is 21.7 Å². The number of aromatic nitrogens is 3. The molecule has 1 atom stereocenters. The van der Waals surface area contributed by atoms with Crippen molar-refractivity contribution in [3.8, 4) is 6.07 Å². The summed E-state index contributed by atoms with van der Waals surface area (Å²) < 4.78 is 56.0. The molecule has 3 aromatic rings. The number of allylic oxidation sites excluding steroid dienone is 2. The Kier molecular flexibility index (Phi) is 5.48. The molecule has 1 fully saturated rings. The molecular formula is C25H17F4N7O. The summed E-state index contributed by atoms with van der Waals surface area (Å²) in [6, 6.07) is 12.0. The van der Waals surface area contributed by atoms with E-state index < -0.39 is 29.4 Å². The Morgan fingerprint density at radius 2 is 1.95 bits per heavy atom. The van der Waals surface area contributed by atoms with Crippen LogP contribution in [0, 0.1) is 17.9 Å². The van der Waals surface area contributed by atoms with Gasteiger partial charge in [-0.25, -0.2) is 13.9 Å². The third-order valence-corrected chi connectivity index (χ3v) is 6.25. The Morgan fingerprint density at radius 3 is 2.54 bits per heavy atom. The molecule has 2 heterocycles. The zero-order valence-corrected chi connectivity index (χ0v) is 19.2. The summed E-state index contributed by atoms with van der Waals surface area (Å²) in [4.78, 5) is 21.6. The second-order valence-corrected chi connectivity index (χ2v) is 8.70. The van der Waals surface area contributed by atoms with Crippen LogP contribution < -0.4 is 10.2 Å². The van der Waals surface area contributed by atoms with E-state index >= 15 is 0 Å². The van der Waals surface area contributed by atoms with Gasteiger partial charge in [0.2, 0.25) is 11.6 Å². The first-order chi connectivity index (χ1) is 17.6. The van der Waals surface area contributed by atoms with E-state index in [0.29, 0.717) is 16.8 Å². The monoisotopic (exact) mass is 507 g/mol. The molecule has 1 aliphatic carbocycles. The van der Waals surface area contributed by atoms with Gasteiger partial charge in [-0.05, 0) is 55.7 Å². The summed E-state index contributed by atoms with van der Waals surface area (Å²) in [6.45, 7) is 9.43. The molecule has 8 nitrogen and oxygen atoms in total. The minimum Gasteiger partial charge on any atom is -0.294 e. The number of nitrogens with one attached hydrogen (secondary N) is 1. The molecule has 1 N–H and O–H groups in total. The maximum atomic E-state index is 14.3. The predicted octanol–water partition coefficient (Wildman–Crippen LogP) is 5.50. The van der Waals surface area contributed by atoms with Crippen LogP contribution in [-0.4, -0.2) is 26.3 Å². The molecule has 0 spiro atoms. The number of anilines is 3. The Hall–Kier alpha value is -4.71. The number of benzene rings is 2. The van der Waals surface area contributed by atoms with Crippen LogP contribution in [0.4, 0.5) is 35.1 Å². The summed E-state index contributed by atoms with van der Waals surface area (Å²) in [5.74, 6) is -1.14. The van der Waals surface area contributed by atoms with Crippen molar-refractivity contribution in [3.05, 3.63) is 88.0 Å². The van der Waals surface area contributed by atoms with Crippen LogP contribution in [0.1, 0.15) is 42.5 Å². The van der Waals surface area contributed by atoms with Gasteiger partial charge in [0.25, 0.3) is 11.9 Å². The van der Waals surface area contributed by atoms with E-state index in [4.69, 9.17) is 11.8 Å². The molecule has 1 amide bonds. The van der Waals surface area contributed by atoms with Crippen molar-refractivity contribution < 1.29 is 22.4 Å². The summed E-state index contributed by atoms with van der Waals surface area (Å²) in [6.07, 6.45) is -4.47. The van der Waals surface area contributed by atoms with E-state index in [0.717, 1.165) is 12.1 Å². The van der Waals surface area contributed by atoms with Gasteiger partial charge < -0.3 is 0 Å². The number of nitrogens with zero attached hydrogens (tertiary/aromatic N) is 6. The Balaban J connectivity index is 1.68. The van der Waals surface area contributed by atoms with Crippen molar-refractivity contribution in [2.75, 3.05) is 10.2 Å². The smallest absolute Gasteiger partial charge is 0.294 e. The number of fused-ring (bicyclic) bond motifs is 1. The lowest BCUT2D eigenvalue weighted by Crippen LogP contribution is -2.30. The maximum Gasteiger partial charge on any atom is 0.416 e. The van der Waals surface area contributed by atoms with Gasteiger partial charge in [0.15, 0.2) is 5.67 Å². The van der Waals surface area contributed by atoms with Crippen molar-refractivity contribution >= 4 is 23.5 Å². The number of rotatable bonds is 4. The van der Waals surface area contributed by atoms with Gasteiger partial charge in [0.1, 0.15) is 6.04 Å². The second-order valence-electron chi connectivity index (χ2n) is 8.70. The maximum absolute atomic E-state index is 14.3. The zero-order chi connectivity index (χ0) is 26.5. The number of alkyl halides is 4. The van der Waals surface area contributed by atoms with Gasteiger partial charge in [0.05, 0.1) is 23.8 Å². The van der Waals surface area contributed by atoms with E-state index in [1.807, 2.05) is 6.07 Å². The van der Waals surface area contributed by atoms with Crippen LogP contribution in [0.3, 0.4) is 0 Å². The normalized spacial score (nSPS) is 18.0. The largest absolute Gasteiger partial charge is 0.416 e. The average molecular weight is 507 g/mol. The van der Waals surface area contributed by atoms with Gasteiger partial charge in [-0.3, -0.25) is 15.0 Å². The molecule has 1 aliphatic heterocycles. The van der Waals surface area contributed by atoms with Gasteiger partial charge >= 0.3 is 6.18 Å². The van der Waals surface area contributed by atoms with E-state index in [-0.39, 0.29) is 36.1 Å². The molecule has 1 aromatic heterocycles. The lowest BCUT2D eigenvalue weighted by Gasteiger charge is -2.34. The molecule has 5 rings (SSSR count). The van der Waals surface area contributed by atoms with Gasteiger partial charge in [0, 0.05) is 11.4 Å². The highest BCUT2D eigenvalue weighted by molar-refractivity contribution is 5.98. The van der Waals surface area contributed by atoms with Crippen LogP contribution >= 0.6 is 0 Å². The topological polar surface area (TPSA) is 91.2 Å². The molecular weight excluding hydrogens is 490 g/mol. The van der Waals surface area contributed by atoms with E-state index in [9.17, 15) is 22.4 Å². The van der Waals surface area contributed by atoms with Gasteiger partial charge in [-0.2, -0.15) is 23.4 Å². The lowest BCUT2D eigenvalue weighted by atomic mass is 9.99. The Bertz CT molecular complexity index is 1520. The molecule has 37 heavy (non-hydrogen) atoms. The summed E-state index contributed by atoms with van der Waals surface area (Å²) in [5.41, 5.74) is -1.45. The fraction of sp³-hybridized carbons (Fsp3) is 0.240. The molecule has 2 aliphatic rings. The Morgan fingerprint density at radius 1 is 1.24 bits per heavy atom. The number of carbonyl (C=O) groups excluding carboxylic acids is 1. The molecule has 0 bridgehead atoms. The zero-order valence-electron chi connectivity index (χ0n) is 19.2. The first-order valence-electron chi connectivity index (χ1n) is 11.1. The van der Waals surface area contributed by atoms with Crippen molar-refractivity contribution in [1.82, 2.24) is 14.8 Å². The minimum absolute atomic E-state index is 0.0255. The van der Waals surface area contributed by atoms with Crippen LogP contribution in [0.25, 0.3) is 4.85 Å².